The van der Waals surface area contributed by atoms with Gasteiger partial charge in [-0.05, 0) is 31.4 Å². The number of benzene rings is 1. The smallest absolute Gasteiger partial charge is 0.208 e. The number of anilines is 1. The molecule has 4 nitrogen and oxygen atoms in total. The number of sulfonamides is 1. The highest BCUT2D eigenvalue weighted by atomic mass is 32.2. The second-order valence-electron chi connectivity index (χ2n) is 4.90. The molecular formula is C13H20N2O2S. The summed E-state index contributed by atoms with van der Waals surface area (Å²) in [6.07, 6.45) is 3.10. The maximum Gasteiger partial charge on any atom is 0.208 e. The lowest BCUT2D eigenvalue weighted by Crippen LogP contribution is -2.33. The Morgan fingerprint density at radius 3 is 2.83 bits per heavy atom. The second kappa shape index (κ2) is 5.28. The molecule has 0 saturated heterocycles. The zero-order valence-electron chi connectivity index (χ0n) is 10.9. The van der Waals surface area contributed by atoms with Crippen molar-refractivity contribution in [2.75, 3.05) is 24.2 Å². The SMILES string of the molecule is CC1Cc2ccccc2N1CCCNS(C)(=O)=O. The third kappa shape index (κ3) is 3.23. The van der Waals surface area contributed by atoms with Gasteiger partial charge in [0.25, 0.3) is 0 Å². The molecule has 1 aliphatic rings. The Hall–Kier alpha value is -1.07. The van der Waals surface area contributed by atoms with E-state index in [1.54, 1.807) is 0 Å². The van der Waals surface area contributed by atoms with Gasteiger partial charge in [-0.3, -0.25) is 0 Å². The Bertz CT molecular complexity index is 513. The zero-order chi connectivity index (χ0) is 13.2. The normalized spacial score (nSPS) is 19.0. The van der Waals surface area contributed by atoms with E-state index >= 15 is 0 Å². The van der Waals surface area contributed by atoms with Crippen molar-refractivity contribution in [3.05, 3.63) is 29.8 Å². The van der Waals surface area contributed by atoms with Crippen molar-refractivity contribution in [2.45, 2.75) is 25.8 Å². The molecule has 1 N–H and O–H groups in total. The van der Waals surface area contributed by atoms with Crippen LogP contribution >= 0.6 is 0 Å². The van der Waals surface area contributed by atoms with Crippen LogP contribution in [-0.2, 0) is 16.4 Å². The third-order valence-electron chi connectivity index (χ3n) is 3.29. The lowest BCUT2D eigenvalue weighted by atomic mass is 10.1. The summed E-state index contributed by atoms with van der Waals surface area (Å²) in [6, 6.07) is 8.93. The van der Waals surface area contributed by atoms with Crippen LogP contribution in [0.5, 0.6) is 0 Å². The largest absolute Gasteiger partial charge is 0.368 e. The molecular weight excluding hydrogens is 248 g/mol. The fraction of sp³-hybridized carbons (Fsp3) is 0.538. The lowest BCUT2D eigenvalue weighted by molar-refractivity contribution is 0.581. The van der Waals surface area contributed by atoms with E-state index in [1.807, 2.05) is 0 Å². The molecule has 1 aromatic carbocycles. The van der Waals surface area contributed by atoms with Crippen LogP contribution in [0.3, 0.4) is 0 Å². The molecule has 1 heterocycles. The van der Waals surface area contributed by atoms with E-state index in [2.05, 4.69) is 40.8 Å². The molecule has 0 bridgehead atoms. The molecule has 1 unspecified atom stereocenters. The monoisotopic (exact) mass is 268 g/mol. The van der Waals surface area contributed by atoms with Crippen molar-refractivity contribution in [1.82, 2.24) is 4.72 Å². The van der Waals surface area contributed by atoms with Gasteiger partial charge < -0.3 is 4.90 Å². The Balaban J connectivity index is 1.90. The first kappa shape index (κ1) is 13.4. The van der Waals surface area contributed by atoms with Crippen LogP contribution in [0.15, 0.2) is 24.3 Å². The first-order valence-electron chi connectivity index (χ1n) is 6.26. The van der Waals surface area contributed by atoms with Gasteiger partial charge in [-0.1, -0.05) is 18.2 Å². The molecule has 0 fully saturated rings. The molecule has 0 aliphatic carbocycles. The van der Waals surface area contributed by atoms with Crippen LogP contribution in [0.1, 0.15) is 18.9 Å². The minimum Gasteiger partial charge on any atom is -0.368 e. The summed E-state index contributed by atoms with van der Waals surface area (Å²) in [5.74, 6) is 0. The molecule has 18 heavy (non-hydrogen) atoms. The van der Waals surface area contributed by atoms with E-state index < -0.39 is 10.0 Å². The van der Waals surface area contributed by atoms with Crippen LogP contribution < -0.4 is 9.62 Å². The fourth-order valence-corrected chi connectivity index (χ4v) is 2.99. The number of nitrogens with one attached hydrogen (secondary N) is 1. The van der Waals surface area contributed by atoms with Crippen LogP contribution in [-0.4, -0.2) is 33.8 Å². The molecule has 0 aromatic heterocycles. The maximum absolute atomic E-state index is 11.0. The Labute approximate surface area is 109 Å². The molecule has 5 heteroatoms. The first-order chi connectivity index (χ1) is 8.47. The lowest BCUT2D eigenvalue weighted by Gasteiger charge is -2.24. The van der Waals surface area contributed by atoms with Gasteiger partial charge in [-0.15, -0.1) is 0 Å². The summed E-state index contributed by atoms with van der Waals surface area (Å²) in [5, 5.41) is 0. The summed E-state index contributed by atoms with van der Waals surface area (Å²) >= 11 is 0. The highest BCUT2D eigenvalue weighted by molar-refractivity contribution is 7.88. The van der Waals surface area contributed by atoms with E-state index in [0.29, 0.717) is 12.6 Å². The van der Waals surface area contributed by atoms with E-state index in [0.717, 1.165) is 19.4 Å². The number of nitrogens with zero attached hydrogens (tertiary/aromatic N) is 1. The zero-order valence-corrected chi connectivity index (χ0v) is 11.7. The van der Waals surface area contributed by atoms with Gasteiger partial charge in [0.2, 0.25) is 10.0 Å². The molecule has 2 rings (SSSR count). The van der Waals surface area contributed by atoms with Crippen LogP contribution in [0, 0.1) is 0 Å². The predicted octanol–water partition coefficient (Wildman–Crippen LogP) is 1.38. The van der Waals surface area contributed by atoms with Crippen LogP contribution in [0.25, 0.3) is 0 Å². The van der Waals surface area contributed by atoms with Gasteiger partial charge >= 0.3 is 0 Å². The molecule has 1 aromatic rings. The number of hydrogen-bond acceptors (Lipinski definition) is 3. The maximum atomic E-state index is 11.0. The van der Waals surface area contributed by atoms with Gasteiger partial charge in [-0.2, -0.15) is 0 Å². The predicted molar refractivity (Wildman–Crippen MR) is 74.4 cm³/mol. The van der Waals surface area contributed by atoms with Gasteiger partial charge in [0, 0.05) is 24.8 Å². The molecule has 1 aliphatic heterocycles. The summed E-state index contributed by atoms with van der Waals surface area (Å²) in [6.45, 7) is 3.61. The van der Waals surface area contributed by atoms with Crippen molar-refractivity contribution in [3.8, 4) is 0 Å². The van der Waals surface area contributed by atoms with Crippen molar-refractivity contribution < 1.29 is 8.42 Å². The first-order valence-corrected chi connectivity index (χ1v) is 8.16. The number of rotatable bonds is 5. The molecule has 100 valence electrons. The van der Waals surface area contributed by atoms with Gasteiger partial charge in [0.15, 0.2) is 0 Å². The third-order valence-corrected chi connectivity index (χ3v) is 4.02. The Kier molecular flexibility index (Phi) is 3.92. The second-order valence-corrected chi connectivity index (χ2v) is 6.73. The molecule has 0 radical (unpaired) electrons. The quantitative estimate of drug-likeness (QED) is 0.821. The minimum absolute atomic E-state index is 0.501. The van der Waals surface area contributed by atoms with Crippen molar-refractivity contribution >= 4 is 15.7 Å². The summed E-state index contributed by atoms with van der Waals surface area (Å²) in [5.41, 5.74) is 2.69. The average molecular weight is 268 g/mol. The fourth-order valence-electron chi connectivity index (χ4n) is 2.48. The Morgan fingerprint density at radius 1 is 1.39 bits per heavy atom. The summed E-state index contributed by atoms with van der Waals surface area (Å²) < 4.78 is 24.5. The Morgan fingerprint density at radius 2 is 2.11 bits per heavy atom. The van der Waals surface area contributed by atoms with Gasteiger partial charge in [0.1, 0.15) is 0 Å². The van der Waals surface area contributed by atoms with E-state index in [-0.39, 0.29) is 0 Å². The molecule has 0 saturated carbocycles. The minimum atomic E-state index is -3.06. The van der Waals surface area contributed by atoms with E-state index in [4.69, 9.17) is 0 Å². The number of para-hydroxylation sites is 1. The van der Waals surface area contributed by atoms with Gasteiger partial charge in [-0.25, -0.2) is 13.1 Å². The standard InChI is InChI=1S/C13H20N2O2S/c1-11-10-12-6-3-4-7-13(12)15(11)9-5-8-14-18(2,16)17/h3-4,6-7,11,14H,5,8-10H2,1-2H3. The molecule has 0 amide bonds. The van der Waals surface area contributed by atoms with Gasteiger partial charge in [0.05, 0.1) is 6.26 Å². The van der Waals surface area contributed by atoms with Crippen molar-refractivity contribution in [2.24, 2.45) is 0 Å². The highest BCUT2D eigenvalue weighted by Crippen LogP contribution is 2.31. The molecule has 0 spiro atoms. The number of hydrogen-bond donors (Lipinski definition) is 1. The molecule has 1 atom stereocenters. The topological polar surface area (TPSA) is 49.4 Å². The number of fused-ring (bicyclic) bond motifs is 1. The highest BCUT2D eigenvalue weighted by Gasteiger charge is 2.24. The van der Waals surface area contributed by atoms with Crippen LogP contribution in [0.4, 0.5) is 5.69 Å². The summed E-state index contributed by atoms with van der Waals surface area (Å²) in [4.78, 5) is 2.36. The van der Waals surface area contributed by atoms with E-state index in [9.17, 15) is 8.42 Å². The summed E-state index contributed by atoms with van der Waals surface area (Å²) in [7, 11) is -3.06. The van der Waals surface area contributed by atoms with E-state index in [1.165, 1.54) is 17.5 Å². The average Bonchev–Trinajstić information content (AvgIpc) is 2.59. The van der Waals surface area contributed by atoms with Crippen LogP contribution in [0.2, 0.25) is 0 Å². The van der Waals surface area contributed by atoms with Crippen molar-refractivity contribution in [3.63, 3.8) is 0 Å². The van der Waals surface area contributed by atoms with Crippen molar-refractivity contribution in [1.29, 1.82) is 0 Å².